The first-order chi connectivity index (χ1) is 14.9. The molecule has 1 amide bonds. The number of carbonyl (C=O) groups excluding carboxylic acids is 1. The molecular formula is C22H27ClN4O4. The fourth-order valence-corrected chi connectivity index (χ4v) is 3.74. The second-order valence-electron chi connectivity index (χ2n) is 7.56. The van der Waals surface area contributed by atoms with Gasteiger partial charge in [-0.25, -0.2) is 0 Å². The summed E-state index contributed by atoms with van der Waals surface area (Å²) in [4.78, 5) is 27.6. The summed E-state index contributed by atoms with van der Waals surface area (Å²) in [5, 5.41) is 14.0. The topological polar surface area (TPSA) is 88.0 Å². The van der Waals surface area contributed by atoms with E-state index in [-0.39, 0.29) is 28.3 Å². The Morgan fingerprint density at radius 2 is 1.87 bits per heavy atom. The maximum absolute atomic E-state index is 12.7. The van der Waals surface area contributed by atoms with Gasteiger partial charge in [0.25, 0.3) is 5.69 Å². The predicted octanol–water partition coefficient (Wildman–Crippen LogP) is 3.44. The number of nitrogens with one attached hydrogen (secondary N) is 1. The van der Waals surface area contributed by atoms with Gasteiger partial charge in [-0.3, -0.25) is 19.8 Å². The van der Waals surface area contributed by atoms with Crippen molar-refractivity contribution in [2.24, 2.45) is 0 Å². The number of methoxy groups -OCH3 is 1. The number of amides is 1. The van der Waals surface area contributed by atoms with Gasteiger partial charge in [-0.1, -0.05) is 23.7 Å². The summed E-state index contributed by atoms with van der Waals surface area (Å²) < 4.78 is 5.19. The predicted molar refractivity (Wildman–Crippen MR) is 121 cm³/mol. The molecule has 0 aliphatic carbocycles. The summed E-state index contributed by atoms with van der Waals surface area (Å²) >= 11 is 6.09. The van der Waals surface area contributed by atoms with Crippen molar-refractivity contribution in [2.45, 2.75) is 19.4 Å². The third-order valence-corrected chi connectivity index (χ3v) is 5.96. The molecule has 1 unspecified atom stereocenters. The first-order valence-electron chi connectivity index (χ1n) is 10.2. The number of non-ortho nitro benzene ring substituents is 1. The van der Waals surface area contributed by atoms with Crippen LogP contribution in [0.3, 0.4) is 0 Å². The number of nitrogens with zero attached hydrogens (tertiary/aromatic N) is 3. The van der Waals surface area contributed by atoms with Gasteiger partial charge in [0, 0.05) is 44.9 Å². The molecule has 3 rings (SSSR count). The van der Waals surface area contributed by atoms with Gasteiger partial charge in [-0.05, 0) is 37.1 Å². The summed E-state index contributed by atoms with van der Waals surface area (Å²) in [6, 6.07) is 11.8. The van der Waals surface area contributed by atoms with Crippen LogP contribution in [0, 0.1) is 10.1 Å². The van der Waals surface area contributed by atoms with Crippen LogP contribution in [0.25, 0.3) is 0 Å². The average molecular weight is 447 g/mol. The molecule has 0 radical (unpaired) electrons. The van der Waals surface area contributed by atoms with Crippen molar-refractivity contribution in [3.63, 3.8) is 0 Å². The normalized spacial score (nSPS) is 16.0. The highest BCUT2D eigenvalue weighted by Crippen LogP contribution is 2.27. The molecule has 0 bridgehead atoms. The lowest BCUT2D eigenvalue weighted by atomic mass is 10.1. The second-order valence-corrected chi connectivity index (χ2v) is 7.97. The number of halogens is 1. The van der Waals surface area contributed by atoms with Gasteiger partial charge in [0.05, 0.1) is 28.8 Å². The maximum Gasteiger partial charge on any atom is 0.271 e. The highest BCUT2D eigenvalue weighted by Gasteiger charge is 2.26. The largest absolute Gasteiger partial charge is 0.497 e. The van der Waals surface area contributed by atoms with Gasteiger partial charge in [0.15, 0.2) is 0 Å². The van der Waals surface area contributed by atoms with Crippen LogP contribution in [0.5, 0.6) is 5.75 Å². The van der Waals surface area contributed by atoms with Crippen LogP contribution >= 0.6 is 11.6 Å². The Hall–Kier alpha value is -2.68. The molecule has 0 saturated carbocycles. The lowest BCUT2D eigenvalue weighted by molar-refractivity contribution is -0.384. The van der Waals surface area contributed by atoms with E-state index in [9.17, 15) is 14.9 Å². The van der Waals surface area contributed by atoms with E-state index >= 15 is 0 Å². The van der Waals surface area contributed by atoms with Crippen molar-refractivity contribution in [3.05, 3.63) is 63.2 Å². The zero-order valence-corrected chi connectivity index (χ0v) is 18.5. The summed E-state index contributed by atoms with van der Waals surface area (Å²) in [7, 11) is 1.66. The molecular weight excluding hydrogens is 420 g/mol. The first kappa shape index (κ1) is 23.0. The SMILES string of the molecule is COc1ccc(CCN2CCN(C(C)C(=O)Nc3cc([N+](=O)[O-])ccc3Cl)CC2)cc1. The molecule has 0 aromatic heterocycles. The van der Waals surface area contributed by atoms with Crippen LogP contribution in [0.2, 0.25) is 5.02 Å². The zero-order valence-electron chi connectivity index (χ0n) is 17.7. The molecule has 1 heterocycles. The van der Waals surface area contributed by atoms with Gasteiger partial charge in [-0.2, -0.15) is 0 Å². The first-order valence-corrected chi connectivity index (χ1v) is 10.6. The Labute approximate surface area is 186 Å². The molecule has 1 aliphatic rings. The number of benzene rings is 2. The molecule has 1 aliphatic heterocycles. The minimum Gasteiger partial charge on any atom is -0.497 e. The van der Waals surface area contributed by atoms with Gasteiger partial charge in [0.2, 0.25) is 5.91 Å². The average Bonchev–Trinajstić information content (AvgIpc) is 2.79. The van der Waals surface area contributed by atoms with Crippen LogP contribution in [0.15, 0.2) is 42.5 Å². The fourth-order valence-electron chi connectivity index (χ4n) is 3.58. The number of piperazine rings is 1. The van der Waals surface area contributed by atoms with Crippen molar-refractivity contribution in [3.8, 4) is 5.75 Å². The standard InChI is InChI=1S/C22H27ClN4O4/c1-16(22(28)24-21-15-18(27(29)30)5-8-20(21)23)26-13-11-25(12-14-26)10-9-17-3-6-19(31-2)7-4-17/h3-8,15-16H,9-14H2,1-2H3,(H,24,28). The molecule has 31 heavy (non-hydrogen) atoms. The van der Waals surface area contributed by atoms with E-state index in [0.717, 1.165) is 44.9 Å². The molecule has 1 saturated heterocycles. The number of hydrogen-bond donors (Lipinski definition) is 1. The van der Waals surface area contributed by atoms with Gasteiger partial charge < -0.3 is 15.0 Å². The van der Waals surface area contributed by atoms with Crippen LogP contribution in [0.1, 0.15) is 12.5 Å². The third-order valence-electron chi connectivity index (χ3n) is 5.63. The van der Waals surface area contributed by atoms with Gasteiger partial charge in [0.1, 0.15) is 5.75 Å². The van der Waals surface area contributed by atoms with Crippen molar-refractivity contribution >= 4 is 28.9 Å². The second kappa shape index (κ2) is 10.6. The number of carbonyl (C=O) groups is 1. The van der Waals surface area contributed by atoms with E-state index in [0.29, 0.717) is 0 Å². The Morgan fingerprint density at radius 1 is 1.19 bits per heavy atom. The lowest BCUT2D eigenvalue weighted by Gasteiger charge is -2.37. The Kier molecular flexibility index (Phi) is 7.84. The van der Waals surface area contributed by atoms with Crippen molar-refractivity contribution in [1.29, 1.82) is 0 Å². The highest BCUT2D eigenvalue weighted by molar-refractivity contribution is 6.33. The van der Waals surface area contributed by atoms with E-state index < -0.39 is 4.92 Å². The Bertz CT molecular complexity index is 914. The number of nitro benzene ring substituents is 1. The molecule has 8 nitrogen and oxygen atoms in total. The van der Waals surface area contributed by atoms with E-state index in [4.69, 9.17) is 16.3 Å². The molecule has 9 heteroatoms. The monoisotopic (exact) mass is 446 g/mol. The van der Waals surface area contributed by atoms with E-state index in [2.05, 4.69) is 27.2 Å². The maximum atomic E-state index is 12.7. The van der Waals surface area contributed by atoms with Crippen molar-refractivity contribution in [2.75, 3.05) is 45.2 Å². The number of ether oxygens (including phenoxy) is 1. The molecule has 1 fully saturated rings. The van der Waals surface area contributed by atoms with Gasteiger partial charge >= 0.3 is 0 Å². The molecule has 166 valence electrons. The Morgan fingerprint density at radius 3 is 2.48 bits per heavy atom. The quantitative estimate of drug-likeness (QED) is 0.493. The smallest absolute Gasteiger partial charge is 0.271 e. The minimum atomic E-state index is -0.513. The number of rotatable bonds is 8. The van der Waals surface area contributed by atoms with Crippen molar-refractivity contribution in [1.82, 2.24) is 9.80 Å². The van der Waals surface area contributed by atoms with Crippen LogP contribution in [0.4, 0.5) is 11.4 Å². The number of nitro groups is 1. The van der Waals surface area contributed by atoms with Crippen LogP contribution in [-0.2, 0) is 11.2 Å². The van der Waals surface area contributed by atoms with E-state index in [1.807, 2.05) is 19.1 Å². The third kappa shape index (κ3) is 6.16. The fraction of sp³-hybridized carbons (Fsp3) is 0.409. The number of anilines is 1. The summed E-state index contributed by atoms with van der Waals surface area (Å²) in [6.45, 7) is 6.12. The van der Waals surface area contributed by atoms with E-state index in [1.54, 1.807) is 7.11 Å². The van der Waals surface area contributed by atoms with Crippen molar-refractivity contribution < 1.29 is 14.5 Å². The Balaban J connectivity index is 1.48. The summed E-state index contributed by atoms with van der Waals surface area (Å²) in [5.74, 6) is 0.630. The van der Waals surface area contributed by atoms with Gasteiger partial charge in [-0.15, -0.1) is 0 Å². The molecule has 0 spiro atoms. The molecule has 1 atom stereocenters. The van der Waals surface area contributed by atoms with Crippen LogP contribution < -0.4 is 10.1 Å². The van der Waals surface area contributed by atoms with E-state index in [1.165, 1.54) is 23.8 Å². The van der Waals surface area contributed by atoms with Crippen LogP contribution in [-0.4, -0.2) is 66.5 Å². The zero-order chi connectivity index (χ0) is 22.4. The summed E-state index contributed by atoms with van der Waals surface area (Å²) in [5.41, 5.74) is 1.41. The molecule has 2 aromatic carbocycles. The minimum absolute atomic E-state index is 0.113. The lowest BCUT2D eigenvalue weighted by Crippen LogP contribution is -2.53. The molecule has 2 aromatic rings. The molecule has 1 N–H and O–H groups in total. The number of hydrogen-bond acceptors (Lipinski definition) is 6. The summed E-state index contributed by atoms with van der Waals surface area (Å²) in [6.07, 6.45) is 0.964. The highest BCUT2D eigenvalue weighted by atomic mass is 35.5.